The third-order valence-electron chi connectivity index (χ3n) is 3.18. The summed E-state index contributed by atoms with van der Waals surface area (Å²) in [5.41, 5.74) is 4.24. The van der Waals surface area contributed by atoms with Gasteiger partial charge in [-0.05, 0) is 36.2 Å². The van der Waals surface area contributed by atoms with E-state index in [0.717, 1.165) is 17.3 Å². The Morgan fingerprint density at radius 3 is 2.75 bits per heavy atom. The number of aryl methyl sites for hydroxylation is 1. The molecule has 0 atom stereocenters. The van der Waals surface area contributed by atoms with Crippen LogP contribution in [0.25, 0.3) is 0 Å². The number of phenols is 1. The van der Waals surface area contributed by atoms with Gasteiger partial charge in [-0.1, -0.05) is 18.2 Å². The molecule has 0 bridgehead atoms. The highest BCUT2D eigenvalue weighted by Crippen LogP contribution is 2.25. The van der Waals surface area contributed by atoms with Gasteiger partial charge in [0, 0.05) is 11.8 Å². The summed E-state index contributed by atoms with van der Waals surface area (Å²) in [6.07, 6.45) is 1.29. The van der Waals surface area contributed by atoms with Crippen LogP contribution < -0.4 is 10.7 Å². The number of carbonyl (C=O) groups is 1. The van der Waals surface area contributed by atoms with Crippen molar-refractivity contribution in [2.24, 2.45) is 5.10 Å². The smallest absolute Gasteiger partial charge is 0.310 e. The van der Waals surface area contributed by atoms with E-state index in [1.54, 1.807) is 0 Å². The topological polar surface area (TPSA) is 117 Å². The minimum Gasteiger partial charge on any atom is -0.502 e. The normalized spacial score (nSPS) is 10.5. The number of aromatic hydroxyl groups is 1. The number of rotatable bonds is 6. The molecule has 0 saturated heterocycles. The molecule has 3 N–H and O–H groups in total. The second-order valence-electron chi connectivity index (χ2n) is 4.97. The summed E-state index contributed by atoms with van der Waals surface area (Å²) < 4.78 is 0. The lowest BCUT2D eigenvalue weighted by Gasteiger charge is -2.07. The zero-order valence-electron chi connectivity index (χ0n) is 12.9. The van der Waals surface area contributed by atoms with Gasteiger partial charge in [0.1, 0.15) is 0 Å². The van der Waals surface area contributed by atoms with Crippen molar-refractivity contribution in [3.63, 3.8) is 0 Å². The largest absolute Gasteiger partial charge is 0.502 e. The predicted molar refractivity (Wildman–Crippen MR) is 90.2 cm³/mol. The standard InChI is InChI=1S/C16H16N4O4/c1-11-4-2-3-5-13(11)17-10-16(22)19-18-9-12-6-7-14(20(23)24)15(21)8-12/h2-9,17,21H,10H2,1H3,(H,19,22)/b18-9+. The molecule has 0 aromatic heterocycles. The maximum Gasteiger partial charge on any atom is 0.310 e. The van der Waals surface area contributed by atoms with Crippen LogP contribution in [0.1, 0.15) is 11.1 Å². The van der Waals surface area contributed by atoms with Crippen molar-refractivity contribution in [1.82, 2.24) is 5.43 Å². The Hall–Kier alpha value is -3.42. The van der Waals surface area contributed by atoms with Crippen molar-refractivity contribution in [3.05, 3.63) is 63.7 Å². The number of nitrogens with zero attached hydrogens (tertiary/aromatic N) is 2. The minimum absolute atomic E-state index is 0.0493. The molecule has 0 spiro atoms. The van der Waals surface area contributed by atoms with Crippen LogP contribution in [-0.4, -0.2) is 28.7 Å². The highest BCUT2D eigenvalue weighted by Gasteiger charge is 2.12. The fourth-order valence-corrected chi connectivity index (χ4v) is 1.94. The van der Waals surface area contributed by atoms with Crippen LogP contribution in [-0.2, 0) is 4.79 Å². The molecule has 0 heterocycles. The fourth-order valence-electron chi connectivity index (χ4n) is 1.94. The zero-order valence-corrected chi connectivity index (χ0v) is 12.9. The van der Waals surface area contributed by atoms with Gasteiger partial charge in [-0.3, -0.25) is 14.9 Å². The average molecular weight is 328 g/mol. The zero-order chi connectivity index (χ0) is 17.5. The molecular formula is C16H16N4O4. The number of anilines is 1. The van der Waals surface area contributed by atoms with Crippen LogP contribution in [0.5, 0.6) is 5.75 Å². The Morgan fingerprint density at radius 2 is 2.08 bits per heavy atom. The summed E-state index contributed by atoms with van der Waals surface area (Å²) in [7, 11) is 0. The Kier molecular flexibility index (Phi) is 5.45. The van der Waals surface area contributed by atoms with Gasteiger partial charge < -0.3 is 10.4 Å². The van der Waals surface area contributed by atoms with E-state index in [1.165, 1.54) is 18.3 Å². The van der Waals surface area contributed by atoms with Gasteiger partial charge in [0.2, 0.25) is 0 Å². The van der Waals surface area contributed by atoms with Crippen molar-refractivity contribution in [2.75, 3.05) is 11.9 Å². The van der Waals surface area contributed by atoms with Gasteiger partial charge in [-0.25, -0.2) is 5.43 Å². The van der Waals surface area contributed by atoms with E-state index in [4.69, 9.17) is 0 Å². The molecule has 124 valence electrons. The third-order valence-corrected chi connectivity index (χ3v) is 3.18. The predicted octanol–water partition coefficient (Wildman–Crippen LogP) is 2.17. The van der Waals surface area contributed by atoms with E-state index in [2.05, 4.69) is 15.8 Å². The molecule has 1 amide bonds. The minimum atomic E-state index is -0.685. The Morgan fingerprint density at radius 1 is 1.33 bits per heavy atom. The van der Waals surface area contributed by atoms with Gasteiger partial charge in [-0.15, -0.1) is 0 Å². The van der Waals surface area contributed by atoms with Gasteiger partial charge in [0.05, 0.1) is 17.7 Å². The number of para-hydroxylation sites is 1. The Bertz CT molecular complexity index is 789. The lowest BCUT2D eigenvalue weighted by atomic mass is 10.2. The number of nitro groups is 1. The van der Waals surface area contributed by atoms with Gasteiger partial charge in [0.25, 0.3) is 5.91 Å². The quantitative estimate of drug-likeness (QED) is 0.427. The summed E-state index contributed by atoms with van der Waals surface area (Å²) in [6.45, 7) is 1.98. The first kappa shape index (κ1) is 16.9. The first-order valence-corrected chi connectivity index (χ1v) is 7.06. The average Bonchev–Trinajstić information content (AvgIpc) is 2.54. The van der Waals surface area contributed by atoms with Crippen molar-refractivity contribution in [3.8, 4) is 5.75 Å². The molecule has 0 aliphatic heterocycles. The van der Waals surface area contributed by atoms with E-state index in [1.807, 2.05) is 31.2 Å². The molecular weight excluding hydrogens is 312 g/mol. The van der Waals surface area contributed by atoms with E-state index in [9.17, 15) is 20.0 Å². The van der Waals surface area contributed by atoms with Crippen molar-refractivity contribution < 1.29 is 14.8 Å². The molecule has 0 saturated carbocycles. The summed E-state index contributed by atoms with van der Waals surface area (Å²) in [4.78, 5) is 21.6. The van der Waals surface area contributed by atoms with Gasteiger partial charge in [-0.2, -0.15) is 5.10 Å². The third kappa shape index (κ3) is 4.54. The maximum absolute atomic E-state index is 11.7. The summed E-state index contributed by atoms with van der Waals surface area (Å²) in [5, 5.41) is 26.8. The highest BCUT2D eigenvalue weighted by molar-refractivity contribution is 5.85. The number of carbonyl (C=O) groups excluding carboxylic acids is 1. The fraction of sp³-hybridized carbons (Fsp3) is 0.125. The van der Waals surface area contributed by atoms with Crippen LogP contribution in [0.4, 0.5) is 11.4 Å². The number of hydrogen-bond acceptors (Lipinski definition) is 6. The van der Waals surface area contributed by atoms with E-state index in [-0.39, 0.29) is 12.5 Å². The van der Waals surface area contributed by atoms with Crippen molar-refractivity contribution in [1.29, 1.82) is 0 Å². The number of nitrogens with one attached hydrogen (secondary N) is 2. The number of hydrogen-bond donors (Lipinski definition) is 3. The molecule has 0 unspecified atom stereocenters. The summed E-state index contributed by atoms with van der Waals surface area (Å²) >= 11 is 0. The second-order valence-corrected chi connectivity index (χ2v) is 4.97. The molecule has 2 rings (SSSR count). The monoisotopic (exact) mass is 328 g/mol. The number of benzene rings is 2. The molecule has 2 aromatic rings. The Labute approximate surface area is 138 Å². The van der Waals surface area contributed by atoms with Crippen LogP contribution in [0.15, 0.2) is 47.6 Å². The lowest BCUT2D eigenvalue weighted by molar-refractivity contribution is -0.385. The van der Waals surface area contributed by atoms with Crippen molar-refractivity contribution in [2.45, 2.75) is 6.92 Å². The van der Waals surface area contributed by atoms with Gasteiger partial charge >= 0.3 is 5.69 Å². The van der Waals surface area contributed by atoms with E-state index < -0.39 is 16.4 Å². The lowest BCUT2D eigenvalue weighted by Crippen LogP contribution is -2.26. The summed E-state index contributed by atoms with van der Waals surface area (Å²) in [5.74, 6) is -0.808. The maximum atomic E-state index is 11.7. The number of hydrazone groups is 1. The van der Waals surface area contributed by atoms with Crippen LogP contribution in [0.3, 0.4) is 0 Å². The van der Waals surface area contributed by atoms with Crippen LogP contribution >= 0.6 is 0 Å². The van der Waals surface area contributed by atoms with Crippen molar-refractivity contribution >= 4 is 23.5 Å². The number of nitro benzene ring substituents is 1. The number of amides is 1. The Balaban J connectivity index is 1.87. The first-order valence-electron chi connectivity index (χ1n) is 7.06. The van der Waals surface area contributed by atoms with Gasteiger partial charge in [0.15, 0.2) is 5.75 Å². The molecule has 0 radical (unpaired) electrons. The van der Waals surface area contributed by atoms with E-state index >= 15 is 0 Å². The van der Waals surface area contributed by atoms with Crippen LogP contribution in [0.2, 0.25) is 0 Å². The van der Waals surface area contributed by atoms with E-state index in [0.29, 0.717) is 5.56 Å². The molecule has 8 nitrogen and oxygen atoms in total. The SMILES string of the molecule is Cc1ccccc1NCC(=O)N/N=C/c1ccc([N+](=O)[O-])c(O)c1. The first-order chi connectivity index (χ1) is 11.5. The number of phenolic OH excluding ortho intramolecular Hbond substituents is 1. The molecule has 0 aliphatic rings. The molecule has 24 heavy (non-hydrogen) atoms. The molecule has 8 heteroatoms. The highest BCUT2D eigenvalue weighted by atomic mass is 16.6. The van der Waals surface area contributed by atoms with Crippen LogP contribution in [0, 0.1) is 17.0 Å². The summed E-state index contributed by atoms with van der Waals surface area (Å²) in [6, 6.07) is 11.3. The molecule has 0 aliphatic carbocycles. The molecule has 2 aromatic carbocycles. The molecule has 0 fully saturated rings. The second kappa shape index (κ2) is 7.73.